The van der Waals surface area contributed by atoms with Gasteiger partial charge in [0, 0.05) is 31.5 Å². The molecule has 0 bridgehead atoms. The van der Waals surface area contributed by atoms with Crippen LogP contribution in [0, 0.1) is 17.3 Å². The van der Waals surface area contributed by atoms with E-state index in [-0.39, 0.29) is 29.4 Å². The minimum absolute atomic E-state index is 0.0306. The predicted octanol–water partition coefficient (Wildman–Crippen LogP) is 2.49. The Morgan fingerprint density at radius 2 is 2.09 bits per heavy atom. The first-order valence-electron chi connectivity index (χ1n) is 11.7. The van der Waals surface area contributed by atoms with Crippen molar-refractivity contribution >= 4 is 12.0 Å². The number of rotatable bonds is 3. The Kier molecular flexibility index (Phi) is 5.16. The van der Waals surface area contributed by atoms with Gasteiger partial charge < -0.3 is 14.9 Å². The van der Waals surface area contributed by atoms with Crippen LogP contribution in [-0.4, -0.2) is 75.2 Å². The highest BCUT2D eigenvalue weighted by atomic mass is 16.7. The van der Waals surface area contributed by atoms with E-state index in [2.05, 4.69) is 13.0 Å². The Hall–Kier alpha value is -2.26. The highest BCUT2D eigenvalue weighted by Gasteiger charge is 2.57. The third-order valence-electron chi connectivity index (χ3n) is 8.04. The molecule has 1 saturated heterocycles. The Balaban J connectivity index is 1.53. The third kappa shape index (κ3) is 3.12. The summed E-state index contributed by atoms with van der Waals surface area (Å²) >= 11 is 0. The van der Waals surface area contributed by atoms with Crippen LogP contribution in [0.15, 0.2) is 23.6 Å². The number of carbonyl (C=O) groups is 2. The number of hydrogen-bond acceptors (Lipinski definition) is 6. The van der Waals surface area contributed by atoms with Crippen molar-refractivity contribution in [3.8, 4) is 0 Å². The van der Waals surface area contributed by atoms with Gasteiger partial charge in [-0.2, -0.15) is 0 Å². The Morgan fingerprint density at radius 1 is 1.31 bits per heavy atom. The van der Waals surface area contributed by atoms with E-state index >= 15 is 0 Å². The molecule has 5 unspecified atom stereocenters. The van der Waals surface area contributed by atoms with Crippen LogP contribution in [0.1, 0.15) is 52.4 Å². The fourth-order valence-electron chi connectivity index (χ4n) is 6.83. The van der Waals surface area contributed by atoms with E-state index in [1.165, 1.54) is 17.7 Å². The van der Waals surface area contributed by atoms with Gasteiger partial charge in [0.05, 0.1) is 30.4 Å². The van der Waals surface area contributed by atoms with Crippen molar-refractivity contribution in [1.82, 2.24) is 15.1 Å². The molecule has 0 aromatic heterocycles. The van der Waals surface area contributed by atoms with Crippen LogP contribution < -0.4 is 0 Å². The van der Waals surface area contributed by atoms with E-state index in [1.807, 2.05) is 13.1 Å². The van der Waals surface area contributed by atoms with Crippen LogP contribution in [0.2, 0.25) is 0 Å². The molecule has 1 saturated carbocycles. The van der Waals surface area contributed by atoms with Gasteiger partial charge in [-0.15, -0.1) is 0 Å². The van der Waals surface area contributed by atoms with Crippen molar-refractivity contribution in [1.29, 1.82) is 0 Å². The molecule has 5 aliphatic rings. The monoisotopic (exact) mass is 447 g/mol. The van der Waals surface area contributed by atoms with Crippen LogP contribution >= 0.6 is 0 Å². The largest absolute Gasteiger partial charge is 0.493 e. The average molecular weight is 448 g/mol. The number of carbonyl (C=O) groups excluding carboxylic acids is 1. The molecule has 32 heavy (non-hydrogen) atoms. The number of hydrogen-bond donors (Lipinski definition) is 2. The second kappa shape index (κ2) is 7.66. The van der Waals surface area contributed by atoms with Crippen LogP contribution in [0.25, 0.3) is 0 Å². The number of carboxylic acid groups (broad SMARTS) is 1. The maximum atomic E-state index is 12.9. The lowest BCUT2D eigenvalue weighted by atomic mass is 9.61. The topological polar surface area (TPSA) is 103 Å². The molecule has 1 spiro atoms. The molecular weight excluding hydrogens is 414 g/mol. The normalized spacial score (nSPS) is 40.7. The summed E-state index contributed by atoms with van der Waals surface area (Å²) in [6, 6.07) is -1.06. The molecule has 3 heterocycles. The highest BCUT2D eigenvalue weighted by Crippen LogP contribution is 2.59. The second-order valence-corrected chi connectivity index (χ2v) is 10.2. The molecule has 2 N–H and O–H groups in total. The van der Waals surface area contributed by atoms with Gasteiger partial charge in [-0.1, -0.05) is 13.0 Å². The van der Waals surface area contributed by atoms with E-state index in [4.69, 9.17) is 9.57 Å². The molecule has 9 nitrogen and oxygen atoms in total. The molecule has 0 aromatic carbocycles. The maximum Gasteiger partial charge on any atom is 0.427 e. The first kappa shape index (κ1) is 21.6. The molecule has 9 heteroatoms. The zero-order valence-electron chi connectivity index (χ0n) is 18.9. The Morgan fingerprint density at radius 3 is 2.78 bits per heavy atom. The van der Waals surface area contributed by atoms with Gasteiger partial charge in [0.2, 0.25) is 0 Å². The quantitative estimate of drug-likeness (QED) is 0.685. The summed E-state index contributed by atoms with van der Waals surface area (Å²) in [6.45, 7) is 4.49. The average Bonchev–Trinajstić information content (AvgIpc) is 3.12. The second-order valence-electron chi connectivity index (χ2n) is 10.2. The van der Waals surface area contributed by atoms with Gasteiger partial charge in [0.25, 0.3) is 5.91 Å². The predicted molar refractivity (Wildman–Crippen MR) is 114 cm³/mol. The van der Waals surface area contributed by atoms with Gasteiger partial charge in [-0.05, 0) is 44.1 Å². The smallest absolute Gasteiger partial charge is 0.427 e. The molecular formula is C23H33N3O6. The first-order chi connectivity index (χ1) is 15.2. The fourth-order valence-corrected chi connectivity index (χ4v) is 6.83. The summed E-state index contributed by atoms with van der Waals surface area (Å²) in [5, 5.41) is 24.8. The van der Waals surface area contributed by atoms with Crippen molar-refractivity contribution < 1.29 is 29.4 Å². The van der Waals surface area contributed by atoms with Crippen LogP contribution in [-0.2, 0) is 14.4 Å². The van der Waals surface area contributed by atoms with Gasteiger partial charge in [0.1, 0.15) is 12.1 Å². The lowest BCUT2D eigenvalue weighted by Gasteiger charge is -2.42. The Bertz CT molecular complexity index is 874. The van der Waals surface area contributed by atoms with Gasteiger partial charge >= 0.3 is 6.09 Å². The number of nitrogens with zero attached hydrogens (tertiary/aromatic N) is 3. The van der Waals surface area contributed by atoms with Gasteiger partial charge in [-0.3, -0.25) is 14.6 Å². The number of amides is 2. The molecule has 3 aliphatic heterocycles. The van der Waals surface area contributed by atoms with Crippen molar-refractivity contribution in [2.24, 2.45) is 17.3 Å². The SMILES string of the molecule is CON1C(=O)C(N(C(=O)O)N2C=CC34CC(C)CC[C@H]3OC3=C4[C@H](CC(O)C3)C2)CC1C. The summed E-state index contributed by atoms with van der Waals surface area (Å²) in [4.78, 5) is 30.5. The highest BCUT2D eigenvalue weighted by molar-refractivity contribution is 5.86. The maximum absolute atomic E-state index is 12.9. The minimum Gasteiger partial charge on any atom is -0.493 e. The summed E-state index contributed by atoms with van der Waals surface area (Å²) in [6.07, 6.45) is 6.77. The lowest BCUT2D eigenvalue weighted by molar-refractivity contribution is -0.179. The molecule has 2 aliphatic carbocycles. The number of aliphatic hydroxyl groups excluding tert-OH is 1. The molecule has 0 radical (unpaired) electrons. The molecule has 2 amide bonds. The van der Waals surface area contributed by atoms with Gasteiger partial charge in [0.15, 0.2) is 0 Å². The zero-order chi connectivity index (χ0) is 22.8. The van der Waals surface area contributed by atoms with E-state index in [1.54, 1.807) is 5.01 Å². The van der Waals surface area contributed by atoms with Crippen molar-refractivity contribution in [3.63, 3.8) is 0 Å². The van der Waals surface area contributed by atoms with Crippen LogP contribution in [0.4, 0.5) is 4.79 Å². The molecule has 7 atom stereocenters. The molecule has 0 aromatic rings. The molecule has 2 fully saturated rings. The van der Waals surface area contributed by atoms with E-state index in [0.717, 1.165) is 30.0 Å². The third-order valence-corrected chi connectivity index (χ3v) is 8.04. The van der Waals surface area contributed by atoms with Crippen LogP contribution in [0.5, 0.6) is 0 Å². The number of hydroxylamine groups is 2. The zero-order valence-corrected chi connectivity index (χ0v) is 18.9. The van der Waals surface area contributed by atoms with Crippen molar-refractivity contribution in [2.45, 2.75) is 76.7 Å². The summed E-state index contributed by atoms with van der Waals surface area (Å²) in [5.74, 6) is 1.05. The standard InChI is InChI=1S/C23H33N3O6/c1-13-4-5-19-23(11-13)6-7-24(12-15-9-16(27)10-18(32-19)20(15)23)25(22(29)30)17-8-14(2)26(31-3)21(17)28/h6-7,13-17,19,27H,4-5,8-12H2,1-3H3,(H,29,30)/t13?,14?,15-,16?,17?,19-,23?/m1/s1. The van der Waals surface area contributed by atoms with E-state index in [9.17, 15) is 19.8 Å². The lowest BCUT2D eigenvalue weighted by Crippen LogP contribution is -2.53. The summed E-state index contributed by atoms with van der Waals surface area (Å²) in [5.41, 5.74) is 0.982. The van der Waals surface area contributed by atoms with E-state index < -0.39 is 18.2 Å². The Labute approximate surface area is 188 Å². The number of hydrazine groups is 1. The molecule has 176 valence electrons. The minimum atomic E-state index is -1.17. The van der Waals surface area contributed by atoms with Crippen molar-refractivity contribution in [3.05, 3.63) is 23.6 Å². The van der Waals surface area contributed by atoms with Gasteiger partial charge in [-0.25, -0.2) is 14.9 Å². The number of aliphatic hydroxyl groups is 1. The summed E-state index contributed by atoms with van der Waals surface area (Å²) in [7, 11) is 1.43. The summed E-state index contributed by atoms with van der Waals surface area (Å²) < 4.78 is 6.39. The first-order valence-corrected chi connectivity index (χ1v) is 11.7. The fraction of sp³-hybridized carbons (Fsp3) is 0.739. The van der Waals surface area contributed by atoms with Crippen LogP contribution in [0.3, 0.4) is 0 Å². The number of ether oxygens (including phenoxy) is 1. The van der Waals surface area contributed by atoms with E-state index in [0.29, 0.717) is 31.7 Å². The van der Waals surface area contributed by atoms with Crippen molar-refractivity contribution in [2.75, 3.05) is 13.7 Å². The molecule has 5 rings (SSSR count).